The molecule has 0 spiro atoms. The van der Waals surface area contributed by atoms with Crippen LogP contribution in [-0.4, -0.2) is 49.7 Å². The molecule has 0 saturated heterocycles. The molecule has 0 aliphatic rings. The monoisotopic (exact) mass is 491 g/mol. The Bertz CT molecular complexity index is 916. The molecule has 0 bridgehead atoms. The van der Waals surface area contributed by atoms with E-state index in [0.717, 1.165) is 17.3 Å². The van der Waals surface area contributed by atoms with E-state index in [9.17, 15) is 18.7 Å². The molecular formula is C26H35F2NO4Si. The molecule has 186 valence electrons. The van der Waals surface area contributed by atoms with Crippen LogP contribution in [0.25, 0.3) is 0 Å². The average molecular weight is 492 g/mol. The van der Waals surface area contributed by atoms with Crippen LogP contribution in [0.15, 0.2) is 72.5 Å². The smallest absolute Gasteiger partial charge is 0.406 e. The first-order valence-electron chi connectivity index (χ1n) is 11.4. The minimum absolute atomic E-state index is 0.141. The topological polar surface area (TPSA) is 59.0 Å². The first kappa shape index (κ1) is 27.7. The minimum Gasteiger partial charge on any atom is -0.406 e. The number of nitrogens with zero attached hydrogens (tertiary/aromatic N) is 1. The summed E-state index contributed by atoms with van der Waals surface area (Å²) < 4.78 is 37.8. The highest BCUT2D eigenvalue weighted by Crippen LogP contribution is 2.36. The highest BCUT2D eigenvalue weighted by atomic mass is 28.4. The molecule has 1 unspecified atom stereocenters. The Hall–Kier alpha value is -2.55. The van der Waals surface area contributed by atoms with Gasteiger partial charge in [-0.15, -0.1) is 0 Å². The van der Waals surface area contributed by atoms with Crippen molar-refractivity contribution in [3.8, 4) is 0 Å². The lowest BCUT2D eigenvalue weighted by Crippen LogP contribution is -2.67. The van der Waals surface area contributed by atoms with E-state index in [1.807, 2.05) is 36.4 Å². The second kappa shape index (κ2) is 11.7. The van der Waals surface area contributed by atoms with E-state index in [1.54, 1.807) is 13.8 Å². The Morgan fingerprint density at radius 3 is 1.79 bits per heavy atom. The summed E-state index contributed by atoms with van der Waals surface area (Å²) in [4.78, 5) is 14.0. The predicted octanol–water partition coefficient (Wildman–Crippen LogP) is 4.90. The second-order valence-electron chi connectivity index (χ2n) is 9.47. The zero-order valence-corrected chi connectivity index (χ0v) is 21.7. The molecule has 0 aromatic heterocycles. The van der Waals surface area contributed by atoms with Gasteiger partial charge in [0.15, 0.2) is 0 Å². The van der Waals surface area contributed by atoms with E-state index in [4.69, 9.17) is 9.16 Å². The van der Waals surface area contributed by atoms with Gasteiger partial charge >= 0.3 is 12.2 Å². The van der Waals surface area contributed by atoms with Crippen molar-refractivity contribution >= 4 is 24.8 Å². The minimum atomic E-state index is -2.80. The fourth-order valence-corrected chi connectivity index (χ4v) is 8.61. The number of rotatable bonds is 9. The molecule has 0 saturated carbocycles. The number of hydrogen-bond donors (Lipinski definition) is 1. The third-order valence-electron chi connectivity index (χ3n) is 5.69. The van der Waals surface area contributed by atoms with Crippen molar-refractivity contribution in [2.45, 2.75) is 58.7 Å². The Morgan fingerprint density at radius 2 is 1.44 bits per heavy atom. The van der Waals surface area contributed by atoms with E-state index in [-0.39, 0.29) is 24.2 Å². The highest BCUT2D eigenvalue weighted by molar-refractivity contribution is 6.99. The van der Waals surface area contributed by atoms with Gasteiger partial charge in [0, 0.05) is 12.6 Å². The van der Waals surface area contributed by atoms with Crippen molar-refractivity contribution in [3.63, 3.8) is 0 Å². The number of carbonyl (C=O) groups excluding carboxylic acids is 1. The van der Waals surface area contributed by atoms with Crippen molar-refractivity contribution in [2.75, 3.05) is 13.2 Å². The Kier molecular flexibility index (Phi) is 9.55. The molecule has 2 aromatic carbocycles. The van der Waals surface area contributed by atoms with E-state index >= 15 is 0 Å². The lowest BCUT2D eigenvalue weighted by molar-refractivity contribution is 0.0742. The third kappa shape index (κ3) is 6.31. The number of carbonyl (C=O) groups is 1. The van der Waals surface area contributed by atoms with Crippen LogP contribution in [0.5, 0.6) is 0 Å². The van der Waals surface area contributed by atoms with E-state index in [0.29, 0.717) is 0 Å². The summed E-state index contributed by atoms with van der Waals surface area (Å²) in [6, 6.07) is 19.8. The summed E-state index contributed by atoms with van der Waals surface area (Å²) >= 11 is 0. The molecule has 2 aromatic rings. The van der Waals surface area contributed by atoms with Crippen molar-refractivity contribution in [2.24, 2.45) is 0 Å². The number of aliphatic hydroxyl groups is 1. The molecule has 5 nitrogen and oxygen atoms in total. The van der Waals surface area contributed by atoms with Gasteiger partial charge in [0.1, 0.15) is 6.10 Å². The van der Waals surface area contributed by atoms with E-state index in [1.165, 1.54) is 4.90 Å². The van der Waals surface area contributed by atoms with Crippen LogP contribution in [-0.2, 0) is 9.16 Å². The van der Waals surface area contributed by atoms with Crippen molar-refractivity contribution in [3.05, 3.63) is 72.5 Å². The largest absolute Gasteiger partial charge is 0.415 e. The molecule has 0 aliphatic heterocycles. The average Bonchev–Trinajstić information content (AvgIpc) is 2.77. The molecule has 0 radical (unpaired) electrons. The highest BCUT2D eigenvalue weighted by Gasteiger charge is 2.50. The Balaban J connectivity index is 2.36. The summed E-state index contributed by atoms with van der Waals surface area (Å²) in [5.41, 5.74) is 0. The lowest BCUT2D eigenvalue weighted by atomic mass is 10.2. The van der Waals surface area contributed by atoms with Crippen LogP contribution >= 0.6 is 0 Å². The summed E-state index contributed by atoms with van der Waals surface area (Å²) in [5.74, 6) is -1.04. The summed E-state index contributed by atoms with van der Waals surface area (Å²) in [7, 11) is -2.80. The lowest BCUT2D eigenvalue weighted by Gasteiger charge is -2.43. The Morgan fingerprint density at radius 1 is 0.971 bits per heavy atom. The molecule has 2 rings (SSSR count). The first-order valence-corrected chi connectivity index (χ1v) is 13.3. The van der Waals surface area contributed by atoms with Crippen molar-refractivity contribution < 1.29 is 27.8 Å². The van der Waals surface area contributed by atoms with E-state index < -0.39 is 32.4 Å². The van der Waals surface area contributed by atoms with Gasteiger partial charge in [-0.05, 0) is 36.2 Å². The third-order valence-corrected chi connectivity index (χ3v) is 10.7. The maximum Gasteiger partial charge on any atom is 0.415 e. The molecule has 1 N–H and O–H groups in total. The van der Waals surface area contributed by atoms with Gasteiger partial charge < -0.3 is 19.2 Å². The maximum absolute atomic E-state index is 13.1. The quantitative estimate of drug-likeness (QED) is 0.401. The second-order valence-corrected chi connectivity index (χ2v) is 13.8. The molecule has 34 heavy (non-hydrogen) atoms. The van der Waals surface area contributed by atoms with E-state index in [2.05, 4.69) is 45.0 Å². The van der Waals surface area contributed by atoms with Gasteiger partial charge in [0.2, 0.25) is 5.76 Å². The molecular weight excluding hydrogens is 456 g/mol. The number of amides is 1. The number of ether oxygens (including phenoxy) is 1. The summed E-state index contributed by atoms with van der Waals surface area (Å²) in [6.45, 7) is 11.4. The molecule has 0 aliphatic carbocycles. The summed E-state index contributed by atoms with van der Waals surface area (Å²) in [6.07, 6.45) is -4.78. The van der Waals surface area contributed by atoms with Gasteiger partial charge in [-0.25, -0.2) is 4.79 Å². The Labute approximate surface area is 202 Å². The van der Waals surface area contributed by atoms with Crippen LogP contribution in [0.1, 0.15) is 41.5 Å². The fourth-order valence-electron chi connectivity index (χ4n) is 4.05. The number of aliphatic hydroxyl groups excluding tert-OH is 1. The van der Waals surface area contributed by atoms with Crippen LogP contribution < -0.4 is 10.4 Å². The van der Waals surface area contributed by atoms with Crippen LogP contribution in [0.2, 0.25) is 5.04 Å². The SMILES string of the molecule is CC(O)C(OC(=O)N(CCO[Si](c1ccccc1)(c1ccccc1)C(C)(C)C)C(C)C)=C(F)F. The number of benzene rings is 2. The van der Waals surface area contributed by atoms with Crippen molar-refractivity contribution in [1.82, 2.24) is 4.90 Å². The van der Waals surface area contributed by atoms with Gasteiger partial charge in [0.25, 0.3) is 8.32 Å². The summed E-state index contributed by atoms with van der Waals surface area (Å²) in [5, 5.41) is 11.5. The molecule has 8 heteroatoms. The number of hydrogen-bond acceptors (Lipinski definition) is 4. The zero-order chi connectivity index (χ0) is 25.5. The normalized spacial score (nSPS) is 12.9. The number of halogens is 2. The van der Waals surface area contributed by atoms with Crippen LogP contribution in [0, 0.1) is 0 Å². The van der Waals surface area contributed by atoms with Gasteiger partial charge in [0.05, 0.1) is 6.61 Å². The van der Waals surface area contributed by atoms with Gasteiger partial charge in [-0.2, -0.15) is 8.78 Å². The molecule has 0 heterocycles. The standard InChI is InChI=1S/C26H35F2NO4Si/c1-19(2)29(25(31)33-23(20(3)30)24(27)28)17-18-32-34(26(4,5)6,21-13-9-7-10-14-21)22-15-11-8-12-16-22/h7-16,19-20,30H,17-18H2,1-6H3. The molecule has 0 fully saturated rings. The maximum atomic E-state index is 13.1. The van der Waals surface area contributed by atoms with Crippen LogP contribution in [0.4, 0.5) is 13.6 Å². The fraction of sp³-hybridized carbons (Fsp3) is 0.423. The van der Waals surface area contributed by atoms with Gasteiger partial charge in [-0.1, -0.05) is 81.4 Å². The molecule has 1 amide bonds. The zero-order valence-electron chi connectivity index (χ0n) is 20.7. The van der Waals surface area contributed by atoms with Gasteiger partial charge in [-0.3, -0.25) is 0 Å². The van der Waals surface area contributed by atoms with Crippen molar-refractivity contribution in [1.29, 1.82) is 0 Å². The molecule has 1 atom stereocenters. The predicted molar refractivity (Wildman–Crippen MR) is 133 cm³/mol. The first-order chi connectivity index (χ1) is 15.9. The van der Waals surface area contributed by atoms with Crippen LogP contribution in [0.3, 0.4) is 0 Å².